The highest BCUT2D eigenvalue weighted by Crippen LogP contribution is 2.24. The monoisotopic (exact) mass is 288 g/mol. The van der Waals surface area contributed by atoms with Crippen LogP contribution in [0.15, 0.2) is 18.2 Å². The Morgan fingerprint density at radius 3 is 2.78 bits per heavy atom. The van der Waals surface area contributed by atoms with E-state index in [2.05, 4.69) is 10.6 Å². The van der Waals surface area contributed by atoms with Crippen molar-refractivity contribution in [3.63, 3.8) is 0 Å². The minimum atomic E-state index is -1.18. The molecule has 0 aliphatic carbocycles. The standard InChI is InChI=1S/C11H13ClN2O3S/c1-18-6-5-13-11(17)14-8-4-2-3-7(12)9(8)10(15)16/h2-4H,5-6H2,1H3,(H,15,16)(H2,13,14,17). The zero-order valence-corrected chi connectivity index (χ0v) is 11.3. The average Bonchev–Trinajstić information content (AvgIpc) is 2.28. The van der Waals surface area contributed by atoms with E-state index in [0.717, 1.165) is 5.75 Å². The summed E-state index contributed by atoms with van der Waals surface area (Å²) in [4.78, 5) is 22.5. The van der Waals surface area contributed by atoms with Crippen LogP contribution < -0.4 is 10.6 Å². The summed E-state index contributed by atoms with van der Waals surface area (Å²) in [5.41, 5.74) is 0.0656. The summed E-state index contributed by atoms with van der Waals surface area (Å²) >= 11 is 7.38. The number of aromatic carboxylic acids is 1. The number of carboxylic acid groups (broad SMARTS) is 1. The van der Waals surface area contributed by atoms with Gasteiger partial charge in [-0.25, -0.2) is 9.59 Å². The van der Waals surface area contributed by atoms with E-state index in [-0.39, 0.29) is 16.3 Å². The maximum Gasteiger partial charge on any atom is 0.339 e. The van der Waals surface area contributed by atoms with Crippen molar-refractivity contribution in [2.24, 2.45) is 0 Å². The minimum absolute atomic E-state index is 0.0874. The summed E-state index contributed by atoms with van der Waals surface area (Å²) < 4.78 is 0. The number of hydrogen-bond acceptors (Lipinski definition) is 3. The first kappa shape index (κ1) is 14.7. The highest BCUT2D eigenvalue weighted by atomic mass is 35.5. The Morgan fingerprint density at radius 2 is 2.17 bits per heavy atom. The highest BCUT2D eigenvalue weighted by molar-refractivity contribution is 7.98. The predicted molar refractivity (Wildman–Crippen MR) is 73.8 cm³/mol. The van der Waals surface area contributed by atoms with E-state index in [0.29, 0.717) is 6.54 Å². The number of urea groups is 1. The highest BCUT2D eigenvalue weighted by Gasteiger charge is 2.15. The number of carboxylic acids is 1. The summed E-state index contributed by atoms with van der Waals surface area (Å²) in [7, 11) is 0. The van der Waals surface area contributed by atoms with Gasteiger partial charge in [0, 0.05) is 12.3 Å². The number of anilines is 1. The lowest BCUT2D eigenvalue weighted by atomic mass is 10.2. The van der Waals surface area contributed by atoms with E-state index in [1.165, 1.54) is 12.1 Å². The fourth-order valence-corrected chi connectivity index (χ4v) is 1.84. The summed E-state index contributed by atoms with van der Waals surface area (Å²) in [6, 6.07) is 4.08. The van der Waals surface area contributed by atoms with Gasteiger partial charge in [0.2, 0.25) is 0 Å². The Kier molecular flexibility index (Phi) is 5.80. The Morgan fingerprint density at radius 1 is 1.44 bits per heavy atom. The van der Waals surface area contributed by atoms with Gasteiger partial charge in [-0.2, -0.15) is 11.8 Å². The molecule has 0 spiro atoms. The van der Waals surface area contributed by atoms with Crippen LogP contribution in [0, 0.1) is 0 Å². The number of amides is 2. The molecule has 0 saturated heterocycles. The molecule has 0 atom stereocenters. The smallest absolute Gasteiger partial charge is 0.339 e. The number of carbonyl (C=O) groups is 2. The van der Waals surface area contributed by atoms with Crippen LogP contribution in [0.3, 0.4) is 0 Å². The van der Waals surface area contributed by atoms with Gasteiger partial charge in [-0.3, -0.25) is 0 Å². The second-order valence-corrected chi connectivity index (χ2v) is 4.73. The lowest BCUT2D eigenvalue weighted by Gasteiger charge is -2.10. The van der Waals surface area contributed by atoms with Crippen LogP contribution in [0.1, 0.15) is 10.4 Å². The third-order valence-corrected chi connectivity index (χ3v) is 2.99. The van der Waals surface area contributed by atoms with Crippen molar-refractivity contribution in [3.05, 3.63) is 28.8 Å². The molecule has 0 radical (unpaired) electrons. The summed E-state index contributed by atoms with van der Waals surface area (Å²) in [6.45, 7) is 0.510. The van der Waals surface area contributed by atoms with Crippen molar-refractivity contribution in [2.75, 3.05) is 23.9 Å². The van der Waals surface area contributed by atoms with E-state index in [1.807, 2.05) is 6.26 Å². The van der Waals surface area contributed by atoms with Gasteiger partial charge in [0.05, 0.1) is 10.7 Å². The molecule has 1 aromatic rings. The lowest BCUT2D eigenvalue weighted by molar-refractivity contribution is 0.0698. The van der Waals surface area contributed by atoms with Crippen molar-refractivity contribution in [3.8, 4) is 0 Å². The maximum atomic E-state index is 11.5. The number of halogens is 1. The van der Waals surface area contributed by atoms with Gasteiger partial charge >= 0.3 is 12.0 Å². The Balaban J connectivity index is 2.75. The molecule has 0 heterocycles. The van der Waals surface area contributed by atoms with Crippen molar-refractivity contribution < 1.29 is 14.7 Å². The molecule has 1 rings (SSSR count). The zero-order valence-electron chi connectivity index (χ0n) is 9.70. The van der Waals surface area contributed by atoms with Crippen molar-refractivity contribution in [1.29, 1.82) is 0 Å². The first-order valence-electron chi connectivity index (χ1n) is 5.12. The second kappa shape index (κ2) is 7.13. The topological polar surface area (TPSA) is 78.4 Å². The maximum absolute atomic E-state index is 11.5. The van der Waals surface area contributed by atoms with E-state index in [4.69, 9.17) is 16.7 Å². The third kappa shape index (κ3) is 4.12. The Hall–Kier alpha value is -1.40. The van der Waals surface area contributed by atoms with E-state index in [1.54, 1.807) is 17.8 Å². The molecule has 0 saturated carbocycles. The molecule has 0 unspecified atom stereocenters. The number of hydrogen-bond donors (Lipinski definition) is 3. The Labute approximate surface area is 114 Å². The Bertz CT molecular complexity index is 454. The van der Waals surface area contributed by atoms with E-state index < -0.39 is 12.0 Å². The molecule has 98 valence electrons. The molecule has 5 nitrogen and oxygen atoms in total. The van der Waals surface area contributed by atoms with E-state index in [9.17, 15) is 9.59 Å². The van der Waals surface area contributed by atoms with Gasteiger partial charge in [0.1, 0.15) is 5.56 Å². The molecule has 7 heteroatoms. The van der Waals surface area contributed by atoms with Crippen LogP contribution in [0.2, 0.25) is 5.02 Å². The number of carbonyl (C=O) groups excluding carboxylic acids is 1. The molecular formula is C11H13ClN2O3S. The number of nitrogens with one attached hydrogen (secondary N) is 2. The zero-order chi connectivity index (χ0) is 13.5. The second-order valence-electron chi connectivity index (χ2n) is 3.34. The number of thioether (sulfide) groups is 1. The molecule has 0 bridgehead atoms. The number of benzene rings is 1. The van der Waals surface area contributed by atoms with Crippen molar-refractivity contribution in [2.45, 2.75) is 0 Å². The fourth-order valence-electron chi connectivity index (χ4n) is 1.28. The molecule has 18 heavy (non-hydrogen) atoms. The van der Waals surface area contributed by atoms with Gasteiger partial charge < -0.3 is 15.7 Å². The van der Waals surface area contributed by atoms with Crippen molar-refractivity contribution >= 4 is 41.1 Å². The summed E-state index contributed by atoms with van der Waals surface area (Å²) in [5.74, 6) is -0.394. The van der Waals surface area contributed by atoms with Gasteiger partial charge in [-0.15, -0.1) is 0 Å². The SMILES string of the molecule is CSCCNC(=O)Nc1cccc(Cl)c1C(=O)O. The minimum Gasteiger partial charge on any atom is -0.478 e. The van der Waals surface area contributed by atoms with Crippen molar-refractivity contribution in [1.82, 2.24) is 5.32 Å². The normalized spacial score (nSPS) is 9.89. The van der Waals surface area contributed by atoms with Crippen LogP contribution in [-0.2, 0) is 0 Å². The molecule has 0 aliphatic heterocycles. The van der Waals surface area contributed by atoms with Crippen LogP contribution in [-0.4, -0.2) is 35.7 Å². The van der Waals surface area contributed by atoms with Gasteiger partial charge in [-0.05, 0) is 18.4 Å². The molecule has 1 aromatic carbocycles. The first-order valence-corrected chi connectivity index (χ1v) is 6.89. The molecule has 0 aromatic heterocycles. The summed E-state index contributed by atoms with van der Waals surface area (Å²) in [5, 5.41) is 14.2. The van der Waals surface area contributed by atoms with Gasteiger partial charge in [0.15, 0.2) is 0 Å². The summed E-state index contributed by atoms with van der Waals surface area (Å²) in [6.07, 6.45) is 1.93. The fraction of sp³-hybridized carbons (Fsp3) is 0.273. The van der Waals surface area contributed by atoms with Gasteiger partial charge in [0.25, 0.3) is 0 Å². The van der Waals surface area contributed by atoms with E-state index >= 15 is 0 Å². The van der Waals surface area contributed by atoms with Crippen LogP contribution in [0.25, 0.3) is 0 Å². The first-order chi connectivity index (χ1) is 8.56. The molecule has 0 fully saturated rings. The largest absolute Gasteiger partial charge is 0.478 e. The average molecular weight is 289 g/mol. The quantitative estimate of drug-likeness (QED) is 0.728. The molecule has 3 N–H and O–H groups in total. The predicted octanol–water partition coefficient (Wildman–Crippen LogP) is 2.52. The van der Waals surface area contributed by atoms with Crippen LogP contribution in [0.5, 0.6) is 0 Å². The lowest BCUT2D eigenvalue weighted by Crippen LogP contribution is -2.31. The van der Waals surface area contributed by atoms with Crippen LogP contribution in [0.4, 0.5) is 10.5 Å². The molecular weight excluding hydrogens is 276 g/mol. The molecule has 0 aliphatic rings. The third-order valence-electron chi connectivity index (χ3n) is 2.07. The number of rotatable bonds is 5. The van der Waals surface area contributed by atoms with Gasteiger partial charge in [-0.1, -0.05) is 17.7 Å². The molecule has 2 amide bonds. The van der Waals surface area contributed by atoms with Crippen LogP contribution >= 0.6 is 23.4 Å².